The topological polar surface area (TPSA) is 39.6 Å². The number of piperazine rings is 1. The molecule has 2 fully saturated rings. The molecule has 2 saturated heterocycles. The number of halogens is 3. The first-order valence-electron chi connectivity index (χ1n) is 12.1. The van der Waals surface area contributed by atoms with Crippen LogP contribution in [0.15, 0.2) is 73.1 Å². The predicted octanol–water partition coefficient (Wildman–Crippen LogP) is 5.37. The van der Waals surface area contributed by atoms with Crippen molar-refractivity contribution in [1.82, 2.24) is 14.8 Å². The van der Waals surface area contributed by atoms with Gasteiger partial charge in [-0.2, -0.15) is 13.2 Å². The van der Waals surface area contributed by atoms with Gasteiger partial charge < -0.3 is 5.11 Å². The van der Waals surface area contributed by atoms with Gasteiger partial charge in [-0.3, -0.25) is 14.8 Å². The molecule has 3 atom stereocenters. The number of hydrogen-bond donors (Lipinski definition) is 1. The average molecular weight is 482 g/mol. The lowest BCUT2D eigenvalue weighted by atomic mass is 9.93. The summed E-state index contributed by atoms with van der Waals surface area (Å²) in [5.74, 6) is 0. The van der Waals surface area contributed by atoms with Crippen LogP contribution in [-0.4, -0.2) is 51.2 Å². The van der Waals surface area contributed by atoms with Crippen LogP contribution in [0.5, 0.6) is 0 Å². The Balaban J connectivity index is 1.22. The van der Waals surface area contributed by atoms with Gasteiger partial charge in [-0.05, 0) is 59.7 Å². The maximum atomic E-state index is 13.1. The Hall–Kier alpha value is -2.74. The molecule has 4 nitrogen and oxygen atoms in total. The van der Waals surface area contributed by atoms with Crippen molar-refractivity contribution in [2.75, 3.05) is 13.1 Å². The summed E-state index contributed by atoms with van der Waals surface area (Å²) in [7, 11) is 0. The summed E-state index contributed by atoms with van der Waals surface area (Å²) in [6.07, 6.45) is 1.43. The van der Waals surface area contributed by atoms with E-state index < -0.39 is 11.8 Å². The van der Waals surface area contributed by atoms with Gasteiger partial charge in [0, 0.05) is 50.7 Å². The molecule has 0 amide bonds. The van der Waals surface area contributed by atoms with Crippen molar-refractivity contribution in [3.8, 4) is 11.1 Å². The zero-order valence-electron chi connectivity index (χ0n) is 19.7. The number of hydrogen-bond acceptors (Lipinski definition) is 4. The van der Waals surface area contributed by atoms with E-state index in [-0.39, 0.29) is 5.56 Å². The van der Waals surface area contributed by atoms with E-state index in [4.69, 9.17) is 0 Å². The third-order valence-corrected chi connectivity index (χ3v) is 7.52. The molecule has 5 rings (SSSR count). The van der Waals surface area contributed by atoms with Crippen LogP contribution >= 0.6 is 0 Å². The zero-order valence-corrected chi connectivity index (χ0v) is 19.7. The molecule has 0 aliphatic carbocycles. The third-order valence-electron chi connectivity index (χ3n) is 7.52. The maximum Gasteiger partial charge on any atom is 0.421 e. The maximum absolute atomic E-state index is 13.1. The van der Waals surface area contributed by atoms with Gasteiger partial charge in [0.2, 0.25) is 0 Å². The summed E-state index contributed by atoms with van der Waals surface area (Å²) in [6.45, 7) is 4.81. The van der Waals surface area contributed by atoms with E-state index in [2.05, 4.69) is 39.0 Å². The monoisotopic (exact) mass is 481 g/mol. The second kappa shape index (κ2) is 9.37. The smallest absolute Gasteiger partial charge is 0.376 e. The molecule has 184 valence electrons. The molecule has 35 heavy (non-hydrogen) atoms. The number of aromatic nitrogens is 1. The molecular weight excluding hydrogens is 451 g/mol. The van der Waals surface area contributed by atoms with Crippen LogP contribution in [0, 0.1) is 0 Å². The first kappa shape index (κ1) is 24.0. The minimum Gasteiger partial charge on any atom is -0.376 e. The summed E-state index contributed by atoms with van der Waals surface area (Å²) >= 11 is 0. The van der Waals surface area contributed by atoms with E-state index in [1.54, 1.807) is 12.1 Å². The predicted molar refractivity (Wildman–Crippen MR) is 129 cm³/mol. The van der Waals surface area contributed by atoms with Crippen molar-refractivity contribution in [2.45, 2.75) is 56.7 Å². The molecule has 2 bridgehead atoms. The summed E-state index contributed by atoms with van der Waals surface area (Å²) in [6, 6.07) is 19.5. The first-order valence-corrected chi connectivity index (χ1v) is 12.1. The molecule has 1 N–H and O–H groups in total. The lowest BCUT2D eigenvalue weighted by Crippen LogP contribution is -2.52. The van der Waals surface area contributed by atoms with Crippen LogP contribution in [0.4, 0.5) is 13.2 Å². The molecule has 3 unspecified atom stereocenters. The fraction of sp³-hybridized carbons (Fsp3) is 0.393. The Morgan fingerprint density at radius 3 is 1.86 bits per heavy atom. The molecule has 1 aromatic heterocycles. The van der Waals surface area contributed by atoms with Crippen LogP contribution in [0.2, 0.25) is 0 Å². The fourth-order valence-corrected chi connectivity index (χ4v) is 5.38. The van der Waals surface area contributed by atoms with Crippen LogP contribution in [0.3, 0.4) is 0 Å². The van der Waals surface area contributed by atoms with Crippen molar-refractivity contribution < 1.29 is 18.3 Å². The number of fused-ring (bicyclic) bond motifs is 2. The van der Waals surface area contributed by atoms with Crippen LogP contribution in [0.25, 0.3) is 11.1 Å². The standard InChI is InChI=1S/C28H30F3N3O/c1-27(35,28(29,30)31)24-8-6-23(7-9-24)22-4-2-20(3-5-22)17-34-25-10-11-26(34)19-33(18-25)16-21-12-14-32-15-13-21/h2-9,12-15,25-26,35H,10-11,16-19H2,1H3. The Morgan fingerprint density at radius 1 is 0.800 bits per heavy atom. The molecule has 2 aromatic carbocycles. The first-order chi connectivity index (χ1) is 16.7. The molecule has 0 saturated carbocycles. The van der Waals surface area contributed by atoms with Gasteiger partial charge >= 0.3 is 6.18 Å². The number of pyridine rings is 1. The van der Waals surface area contributed by atoms with Gasteiger partial charge in [0.15, 0.2) is 5.60 Å². The van der Waals surface area contributed by atoms with E-state index in [9.17, 15) is 18.3 Å². The fourth-order valence-electron chi connectivity index (χ4n) is 5.38. The SMILES string of the molecule is CC(O)(c1ccc(-c2ccc(CN3C4CCC3CN(Cc3ccncc3)C4)cc2)cc1)C(F)(F)F. The third kappa shape index (κ3) is 4.99. The molecule has 3 heterocycles. The van der Waals surface area contributed by atoms with Gasteiger partial charge in [-0.1, -0.05) is 48.5 Å². The summed E-state index contributed by atoms with van der Waals surface area (Å²) in [5, 5.41) is 9.88. The van der Waals surface area contributed by atoms with E-state index in [0.29, 0.717) is 12.1 Å². The van der Waals surface area contributed by atoms with Gasteiger partial charge in [0.1, 0.15) is 0 Å². The van der Waals surface area contributed by atoms with Crippen molar-refractivity contribution in [3.05, 3.63) is 89.7 Å². The molecule has 0 spiro atoms. The molecule has 2 aliphatic heterocycles. The van der Waals surface area contributed by atoms with Gasteiger partial charge in [0.25, 0.3) is 0 Å². The summed E-state index contributed by atoms with van der Waals surface area (Å²) in [5.41, 5.74) is 1.28. The Morgan fingerprint density at radius 2 is 1.31 bits per heavy atom. The van der Waals surface area contributed by atoms with Crippen LogP contribution in [-0.2, 0) is 18.7 Å². The lowest BCUT2D eigenvalue weighted by molar-refractivity contribution is -0.258. The number of likely N-dealkylation sites (tertiary alicyclic amines) is 1. The van der Waals surface area contributed by atoms with E-state index in [1.165, 1.54) is 36.1 Å². The van der Waals surface area contributed by atoms with Crippen LogP contribution < -0.4 is 0 Å². The highest BCUT2D eigenvalue weighted by Gasteiger charge is 2.51. The normalized spacial score (nSPS) is 22.8. The Kier molecular flexibility index (Phi) is 6.42. The molecular formula is C28H30F3N3O. The molecule has 2 aliphatic rings. The van der Waals surface area contributed by atoms with Crippen molar-refractivity contribution in [3.63, 3.8) is 0 Å². The number of nitrogens with zero attached hydrogens (tertiary/aromatic N) is 3. The minimum atomic E-state index is -4.72. The lowest BCUT2D eigenvalue weighted by Gasteiger charge is -2.41. The van der Waals surface area contributed by atoms with E-state index in [0.717, 1.165) is 44.2 Å². The number of alkyl halides is 3. The van der Waals surface area contributed by atoms with Gasteiger partial charge in [-0.15, -0.1) is 0 Å². The average Bonchev–Trinajstić information content (AvgIpc) is 3.07. The van der Waals surface area contributed by atoms with Gasteiger partial charge in [-0.25, -0.2) is 0 Å². The summed E-state index contributed by atoms with van der Waals surface area (Å²) < 4.78 is 39.3. The second-order valence-corrected chi connectivity index (χ2v) is 9.95. The highest BCUT2D eigenvalue weighted by molar-refractivity contribution is 5.64. The number of rotatable bonds is 6. The minimum absolute atomic E-state index is 0.163. The Labute approximate surface area is 204 Å². The van der Waals surface area contributed by atoms with Gasteiger partial charge in [0.05, 0.1) is 0 Å². The molecule has 0 radical (unpaired) electrons. The van der Waals surface area contributed by atoms with Crippen molar-refractivity contribution >= 4 is 0 Å². The van der Waals surface area contributed by atoms with Crippen molar-refractivity contribution in [2.24, 2.45) is 0 Å². The van der Waals surface area contributed by atoms with E-state index in [1.807, 2.05) is 24.5 Å². The molecule has 7 heteroatoms. The highest BCUT2D eigenvalue weighted by Crippen LogP contribution is 2.39. The zero-order chi connectivity index (χ0) is 24.6. The second-order valence-electron chi connectivity index (χ2n) is 9.95. The number of aliphatic hydroxyl groups is 1. The van der Waals surface area contributed by atoms with E-state index >= 15 is 0 Å². The largest absolute Gasteiger partial charge is 0.421 e. The molecule has 3 aromatic rings. The van der Waals surface area contributed by atoms with Crippen LogP contribution in [0.1, 0.15) is 36.5 Å². The highest BCUT2D eigenvalue weighted by atomic mass is 19.4. The summed E-state index contributed by atoms with van der Waals surface area (Å²) in [4.78, 5) is 9.29. The number of benzene rings is 2. The van der Waals surface area contributed by atoms with Crippen molar-refractivity contribution in [1.29, 1.82) is 0 Å². The quantitative estimate of drug-likeness (QED) is 0.514. The Bertz CT molecular complexity index is 1120.